The number of phenols is 2. The van der Waals surface area contributed by atoms with Crippen molar-refractivity contribution in [3.05, 3.63) is 28.2 Å². The Bertz CT molecular complexity index is 568. The molecule has 0 fully saturated rings. The summed E-state index contributed by atoms with van der Waals surface area (Å²) in [7, 11) is 0. The van der Waals surface area contributed by atoms with Gasteiger partial charge in [-0.25, -0.2) is 0 Å². The lowest BCUT2D eigenvalue weighted by Gasteiger charge is -2.03. The number of amides is 1. The van der Waals surface area contributed by atoms with Gasteiger partial charge in [0, 0.05) is 11.8 Å². The molecule has 6 nitrogen and oxygen atoms in total. The Balaban J connectivity index is 2.15. The first-order chi connectivity index (χ1) is 8.06. The number of carbonyl (C=O) groups excluding carboxylic acids is 1. The molecule has 0 saturated carbocycles. The molecule has 0 spiro atoms. The van der Waals surface area contributed by atoms with E-state index in [1.807, 2.05) is 0 Å². The fraction of sp³-hybridized carbons (Fsp3) is 0.100. The molecule has 1 aromatic carbocycles. The maximum atomic E-state index is 11.7. The van der Waals surface area contributed by atoms with Crippen LogP contribution in [-0.4, -0.2) is 26.3 Å². The van der Waals surface area contributed by atoms with Gasteiger partial charge < -0.3 is 15.5 Å². The molecule has 1 heterocycles. The third-order valence-electron chi connectivity index (χ3n) is 1.95. The first-order valence-electron chi connectivity index (χ1n) is 4.69. The zero-order chi connectivity index (χ0) is 12.4. The second kappa shape index (κ2) is 4.38. The Kier molecular flexibility index (Phi) is 2.92. The van der Waals surface area contributed by atoms with Crippen LogP contribution in [0.25, 0.3) is 0 Å². The van der Waals surface area contributed by atoms with E-state index in [0.717, 1.165) is 0 Å². The fourth-order valence-corrected chi connectivity index (χ4v) is 1.76. The summed E-state index contributed by atoms with van der Waals surface area (Å²) in [5, 5.41) is 29.3. The monoisotopic (exact) mass is 251 g/mol. The van der Waals surface area contributed by atoms with Crippen molar-refractivity contribution in [3.63, 3.8) is 0 Å². The molecule has 0 radical (unpaired) electrons. The number of anilines is 1. The number of nitrogens with zero attached hydrogens (tertiary/aromatic N) is 2. The van der Waals surface area contributed by atoms with Gasteiger partial charge in [-0.15, -0.1) is 10.2 Å². The van der Waals surface area contributed by atoms with Gasteiger partial charge in [0.2, 0.25) is 5.01 Å². The van der Waals surface area contributed by atoms with Gasteiger partial charge in [0.15, 0.2) is 11.5 Å². The summed E-state index contributed by atoms with van der Waals surface area (Å²) in [4.78, 5) is 11.7. The van der Waals surface area contributed by atoms with Crippen LogP contribution in [-0.2, 0) is 0 Å². The molecule has 7 heteroatoms. The predicted molar refractivity (Wildman–Crippen MR) is 62.4 cm³/mol. The van der Waals surface area contributed by atoms with Gasteiger partial charge in [-0.2, -0.15) is 0 Å². The van der Waals surface area contributed by atoms with Gasteiger partial charge in [-0.1, -0.05) is 11.3 Å². The standard InChI is InChI=1S/C10H9N3O3S/c1-5-12-13-10(17-5)9(16)11-6-2-3-7(14)8(15)4-6/h2-4,14-15H,1H3,(H,11,16). The highest BCUT2D eigenvalue weighted by Gasteiger charge is 2.12. The molecule has 3 N–H and O–H groups in total. The summed E-state index contributed by atoms with van der Waals surface area (Å²) in [6.07, 6.45) is 0. The van der Waals surface area contributed by atoms with Crippen molar-refractivity contribution in [2.24, 2.45) is 0 Å². The van der Waals surface area contributed by atoms with E-state index in [2.05, 4.69) is 15.5 Å². The average molecular weight is 251 g/mol. The van der Waals surface area contributed by atoms with E-state index in [4.69, 9.17) is 5.11 Å². The van der Waals surface area contributed by atoms with E-state index in [9.17, 15) is 9.90 Å². The Labute approximate surface area is 101 Å². The summed E-state index contributed by atoms with van der Waals surface area (Å²) >= 11 is 1.18. The summed E-state index contributed by atoms with van der Waals surface area (Å²) in [5.74, 6) is -0.938. The van der Waals surface area contributed by atoms with Crippen LogP contribution in [0.4, 0.5) is 5.69 Å². The van der Waals surface area contributed by atoms with E-state index in [1.54, 1.807) is 6.92 Å². The van der Waals surface area contributed by atoms with Crippen molar-refractivity contribution in [2.75, 3.05) is 5.32 Å². The lowest BCUT2D eigenvalue weighted by molar-refractivity contribution is 0.102. The topological polar surface area (TPSA) is 95.3 Å². The van der Waals surface area contributed by atoms with E-state index in [0.29, 0.717) is 10.7 Å². The second-order valence-electron chi connectivity index (χ2n) is 3.28. The van der Waals surface area contributed by atoms with Gasteiger partial charge in [0.05, 0.1) is 0 Å². The van der Waals surface area contributed by atoms with Gasteiger partial charge in [0.1, 0.15) is 5.01 Å². The maximum Gasteiger partial charge on any atom is 0.286 e. The summed E-state index contributed by atoms with van der Waals surface area (Å²) in [5.41, 5.74) is 0.373. The summed E-state index contributed by atoms with van der Waals surface area (Å²) in [6, 6.07) is 4.01. The van der Waals surface area contributed by atoms with Crippen molar-refractivity contribution in [1.29, 1.82) is 0 Å². The molecular formula is C10H9N3O3S. The number of phenolic OH excluding ortho intramolecular Hbond substituents is 2. The molecule has 2 aromatic rings. The fourth-order valence-electron chi connectivity index (χ4n) is 1.17. The molecule has 0 aliphatic heterocycles. The number of rotatable bonds is 2. The number of hydrogen-bond acceptors (Lipinski definition) is 6. The number of aryl methyl sites for hydroxylation is 1. The van der Waals surface area contributed by atoms with Crippen LogP contribution in [0.3, 0.4) is 0 Å². The normalized spacial score (nSPS) is 10.2. The van der Waals surface area contributed by atoms with Gasteiger partial charge in [-0.05, 0) is 19.1 Å². The number of hydrogen-bond donors (Lipinski definition) is 3. The third kappa shape index (κ3) is 2.51. The molecular weight excluding hydrogens is 242 g/mol. The number of benzene rings is 1. The quantitative estimate of drug-likeness (QED) is 0.555. The van der Waals surface area contributed by atoms with Crippen LogP contribution in [0, 0.1) is 6.92 Å². The first kappa shape index (κ1) is 11.3. The highest BCUT2D eigenvalue weighted by atomic mass is 32.1. The van der Waals surface area contributed by atoms with Crippen molar-refractivity contribution in [2.45, 2.75) is 6.92 Å². The van der Waals surface area contributed by atoms with E-state index < -0.39 is 5.91 Å². The van der Waals surface area contributed by atoms with Crippen molar-refractivity contribution in [3.8, 4) is 11.5 Å². The molecule has 1 aromatic heterocycles. The molecule has 88 valence electrons. The third-order valence-corrected chi connectivity index (χ3v) is 2.79. The zero-order valence-corrected chi connectivity index (χ0v) is 9.65. The van der Waals surface area contributed by atoms with E-state index in [-0.39, 0.29) is 16.5 Å². The minimum Gasteiger partial charge on any atom is -0.504 e. The van der Waals surface area contributed by atoms with Gasteiger partial charge in [0.25, 0.3) is 5.91 Å². The Morgan fingerprint density at radius 2 is 2.06 bits per heavy atom. The summed E-state index contributed by atoms with van der Waals surface area (Å²) < 4.78 is 0. The molecule has 0 unspecified atom stereocenters. The van der Waals surface area contributed by atoms with E-state index >= 15 is 0 Å². The lowest BCUT2D eigenvalue weighted by atomic mass is 10.3. The number of carbonyl (C=O) groups is 1. The number of aromatic nitrogens is 2. The Hall–Kier alpha value is -2.15. The van der Waals surface area contributed by atoms with Crippen molar-refractivity contribution in [1.82, 2.24) is 10.2 Å². The minimum absolute atomic E-state index is 0.241. The SMILES string of the molecule is Cc1nnc(C(=O)Nc2ccc(O)c(O)c2)s1. The average Bonchev–Trinajstić information content (AvgIpc) is 2.70. The smallest absolute Gasteiger partial charge is 0.286 e. The molecule has 0 atom stereocenters. The number of nitrogens with one attached hydrogen (secondary N) is 1. The Morgan fingerprint density at radius 1 is 1.29 bits per heavy atom. The number of aromatic hydroxyl groups is 2. The molecule has 2 rings (SSSR count). The Morgan fingerprint density at radius 3 is 2.65 bits per heavy atom. The summed E-state index contributed by atoms with van der Waals surface area (Å²) in [6.45, 7) is 1.75. The first-order valence-corrected chi connectivity index (χ1v) is 5.51. The van der Waals surface area contributed by atoms with Crippen molar-refractivity contribution >= 4 is 22.9 Å². The largest absolute Gasteiger partial charge is 0.504 e. The van der Waals surface area contributed by atoms with Crippen molar-refractivity contribution < 1.29 is 15.0 Å². The van der Waals surface area contributed by atoms with E-state index in [1.165, 1.54) is 29.5 Å². The molecule has 0 aliphatic carbocycles. The maximum absolute atomic E-state index is 11.7. The lowest BCUT2D eigenvalue weighted by Crippen LogP contribution is -2.11. The molecule has 0 saturated heterocycles. The molecule has 1 amide bonds. The molecule has 0 aliphatic rings. The molecule has 0 bridgehead atoms. The predicted octanol–water partition coefficient (Wildman–Crippen LogP) is 1.51. The second-order valence-corrected chi connectivity index (χ2v) is 4.47. The van der Waals surface area contributed by atoms with Gasteiger partial charge in [-0.3, -0.25) is 4.79 Å². The van der Waals surface area contributed by atoms with Crippen LogP contribution in [0.2, 0.25) is 0 Å². The van der Waals surface area contributed by atoms with Crippen LogP contribution in [0.1, 0.15) is 14.8 Å². The van der Waals surface area contributed by atoms with Gasteiger partial charge >= 0.3 is 0 Å². The highest BCUT2D eigenvalue weighted by Crippen LogP contribution is 2.27. The zero-order valence-electron chi connectivity index (χ0n) is 8.84. The minimum atomic E-state index is -0.402. The highest BCUT2D eigenvalue weighted by molar-refractivity contribution is 7.13. The molecule has 17 heavy (non-hydrogen) atoms. The van der Waals surface area contributed by atoms with Crippen LogP contribution < -0.4 is 5.32 Å². The van der Waals surface area contributed by atoms with Crippen LogP contribution >= 0.6 is 11.3 Å². The van der Waals surface area contributed by atoms with Crippen LogP contribution in [0.5, 0.6) is 11.5 Å². The van der Waals surface area contributed by atoms with Crippen LogP contribution in [0.15, 0.2) is 18.2 Å².